The molecule has 2 saturated heterocycles. The van der Waals surface area contributed by atoms with E-state index in [9.17, 15) is 19.2 Å². The lowest BCUT2D eigenvalue weighted by atomic mass is 9.90. The van der Waals surface area contributed by atoms with Gasteiger partial charge in [0, 0.05) is 34.9 Å². The summed E-state index contributed by atoms with van der Waals surface area (Å²) in [5.41, 5.74) is 0. The van der Waals surface area contributed by atoms with Crippen molar-refractivity contribution < 1.29 is 33.4 Å². The van der Waals surface area contributed by atoms with Gasteiger partial charge in [0.15, 0.2) is 0 Å². The molecule has 212 valence electrons. The monoisotopic (exact) mass is 526 g/mol. The first-order valence-corrected chi connectivity index (χ1v) is 13.3. The molecular weight excluding hydrogens is 480 g/mol. The molecule has 0 aromatic carbocycles. The van der Waals surface area contributed by atoms with Gasteiger partial charge in [0.2, 0.25) is 17.7 Å². The second kappa shape index (κ2) is 13.9. The van der Waals surface area contributed by atoms with E-state index in [0.717, 1.165) is 19.3 Å². The predicted molar refractivity (Wildman–Crippen MR) is 138 cm³/mol. The number of amides is 4. The molecule has 2 heterocycles. The molecular formula is C26H46N4O7. The summed E-state index contributed by atoms with van der Waals surface area (Å²) in [6, 6.07) is -1.11. The van der Waals surface area contributed by atoms with Crippen LogP contribution in [0.4, 0.5) is 4.79 Å². The highest BCUT2D eigenvalue weighted by atomic mass is 16.6. The van der Waals surface area contributed by atoms with Gasteiger partial charge in [-0.15, -0.1) is 0 Å². The summed E-state index contributed by atoms with van der Waals surface area (Å²) in [6.45, 7) is 8.65. The Morgan fingerprint density at radius 2 is 1.86 bits per heavy atom. The van der Waals surface area contributed by atoms with Crippen LogP contribution in [0.2, 0.25) is 0 Å². The zero-order valence-corrected chi connectivity index (χ0v) is 23.7. The van der Waals surface area contributed by atoms with Gasteiger partial charge in [0.1, 0.15) is 12.6 Å². The molecule has 37 heavy (non-hydrogen) atoms. The fourth-order valence-electron chi connectivity index (χ4n) is 5.50. The van der Waals surface area contributed by atoms with Gasteiger partial charge < -0.3 is 29.3 Å². The van der Waals surface area contributed by atoms with Crippen molar-refractivity contribution in [1.82, 2.24) is 20.0 Å². The fraction of sp³-hybridized carbons (Fsp3) is 0.846. The van der Waals surface area contributed by atoms with Crippen molar-refractivity contribution in [3.8, 4) is 0 Å². The number of cyclic esters (lactones) is 1. The van der Waals surface area contributed by atoms with E-state index in [0.29, 0.717) is 6.54 Å². The maximum atomic E-state index is 13.5. The third kappa shape index (κ3) is 7.34. The Morgan fingerprint density at radius 3 is 2.38 bits per heavy atom. The number of hydrogen-bond acceptors (Lipinski definition) is 7. The molecule has 6 atom stereocenters. The van der Waals surface area contributed by atoms with E-state index in [1.165, 1.54) is 11.9 Å². The van der Waals surface area contributed by atoms with Crippen molar-refractivity contribution in [1.29, 1.82) is 0 Å². The number of nitrogens with one attached hydrogen (secondary N) is 1. The topological polar surface area (TPSA) is 118 Å². The summed E-state index contributed by atoms with van der Waals surface area (Å²) in [4.78, 5) is 55.3. The number of likely N-dealkylation sites (tertiary alicyclic amines) is 1. The third-order valence-corrected chi connectivity index (χ3v) is 7.89. The van der Waals surface area contributed by atoms with E-state index in [-0.39, 0.29) is 61.4 Å². The van der Waals surface area contributed by atoms with Crippen molar-refractivity contribution in [3.63, 3.8) is 0 Å². The van der Waals surface area contributed by atoms with Crippen LogP contribution < -0.4 is 5.32 Å². The summed E-state index contributed by atoms with van der Waals surface area (Å²) in [6.07, 6.45) is 1.64. The molecule has 11 heteroatoms. The Balaban J connectivity index is 2.09. The molecule has 4 amide bonds. The number of methoxy groups -OCH3 is 2. The van der Waals surface area contributed by atoms with Crippen LogP contribution in [-0.2, 0) is 28.6 Å². The molecule has 0 radical (unpaired) electrons. The lowest BCUT2D eigenvalue weighted by Crippen LogP contribution is -2.54. The first kappa shape index (κ1) is 30.8. The van der Waals surface area contributed by atoms with Gasteiger partial charge in [-0.25, -0.2) is 4.79 Å². The Labute approximate surface area is 221 Å². The maximum absolute atomic E-state index is 13.5. The number of nitrogens with zero attached hydrogens (tertiary/aromatic N) is 3. The normalized spacial score (nSPS) is 23.0. The Kier molecular flexibility index (Phi) is 11.6. The smallest absolute Gasteiger partial charge is 0.410 e. The van der Waals surface area contributed by atoms with Gasteiger partial charge in [0.25, 0.3) is 0 Å². The number of carbonyl (C=O) groups is 4. The number of rotatable bonds is 13. The summed E-state index contributed by atoms with van der Waals surface area (Å²) < 4.78 is 16.4. The minimum atomic E-state index is -0.768. The molecule has 0 spiro atoms. The third-order valence-electron chi connectivity index (χ3n) is 7.89. The molecule has 1 N–H and O–H groups in total. The molecule has 0 bridgehead atoms. The highest BCUT2D eigenvalue weighted by Gasteiger charge is 2.40. The van der Waals surface area contributed by atoms with Crippen LogP contribution in [0.1, 0.15) is 53.4 Å². The SMILES string of the molecule is CCC(C)C(C(CC(=O)N1CCCC1C(OC)C(C)C)OC)N(C)C(=O)CNC(=O)C1COC(=O)N1C. The van der Waals surface area contributed by atoms with Gasteiger partial charge >= 0.3 is 6.09 Å². The lowest BCUT2D eigenvalue weighted by Gasteiger charge is -2.39. The van der Waals surface area contributed by atoms with Gasteiger partial charge in [-0.1, -0.05) is 34.1 Å². The average Bonchev–Trinajstić information content (AvgIpc) is 3.48. The number of likely N-dealkylation sites (N-methyl/N-ethyl adjacent to an activating group) is 2. The Morgan fingerprint density at radius 1 is 1.19 bits per heavy atom. The highest BCUT2D eigenvalue weighted by Crippen LogP contribution is 2.28. The second-order valence-electron chi connectivity index (χ2n) is 10.5. The summed E-state index contributed by atoms with van der Waals surface area (Å²) in [7, 11) is 6.41. The molecule has 0 saturated carbocycles. The minimum absolute atomic E-state index is 0.00607. The van der Waals surface area contributed by atoms with Gasteiger partial charge in [-0.05, 0) is 24.7 Å². The van der Waals surface area contributed by atoms with E-state index in [1.807, 2.05) is 18.7 Å². The van der Waals surface area contributed by atoms with E-state index in [1.54, 1.807) is 26.2 Å². The largest absolute Gasteiger partial charge is 0.447 e. The molecule has 0 aromatic heterocycles. The van der Waals surface area contributed by atoms with Gasteiger partial charge in [-0.2, -0.15) is 0 Å². The number of ether oxygens (including phenoxy) is 3. The van der Waals surface area contributed by atoms with E-state index >= 15 is 0 Å². The molecule has 2 aliphatic heterocycles. The van der Waals surface area contributed by atoms with E-state index in [4.69, 9.17) is 14.2 Å². The Hall–Kier alpha value is -2.40. The minimum Gasteiger partial charge on any atom is -0.447 e. The molecule has 11 nitrogen and oxygen atoms in total. The lowest BCUT2D eigenvalue weighted by molar-refractivity contribution is -0.144. The molecule has 2 rings (SSSR count). The molecule has 2 aliphatic rings. The van der Waals surface area contributed by atoms with Crippen LogP contribution in [0, 0.1) is 11.8 Å². The van der Waals surface area contributed by atoms with Crippen LogP contribution in [0.25, 0.3) is 0 Å². The van der Waals surface area contributed by atoms with Crippen LogP contribution in [0.15, 0.2) is 0 Å². The van der Waals surface area contributed by atoms with Crippen LogP contribution in [-0.4, -0.2) is 117 Å². The van der Waals surface area contributed by atoms with Gasteiger partial charge in [-0.3, -0.25) is 19.3 Å². The summed E-state index contributed by atoms with van der Waals surface area (Å²) in [5, 5.41) is 2.61. The zero-order valence-electron chi connectivity index (χ0n) is 23.7. The number of hydrogen-bond donors (Lipinski definition) is 1. The second-order valence-corrected chi connectivity index (χ2v) is 10.5. The van der Waals surface area contributed by atoms with Crippen molar-refractivity contribution >= 4 is 23.8 Å². The fourth-order valence-corrected chi connectivity index (χ4v) is 5.50. The van der Waals surface area contributed by atoms with Crippen molar-refractivity contribution in [2.75, 3.05) is 48.0 Å². The predicted octanol–water partition coefficient (Wildman–Crippen LogP) is 1.49. The standard InChI is InChI=1S/C26H46N4O7/c1-9-17(4)23(29(6)22(32)14-27-25(33)19-15-37-26(34)28(19)5)20(35-7)13-21(31)30-12-10-11-18(30)24(36-8)16(2)3/h16-20,23-24H,9-15H2,1-8H3,(H,27,33). The summed E-state index contributed by atoms with van der Waals surface area (Å²) >= 11 is 0. The molecule has 2 fully saturated rings. The van der Waals surface area contributed by atoms with Crippen LogP contribution >= 0.6 is 0 Å². The van der Waals surface area contributed by atoms with E-state index in [2.05, 4.69) is 19.2 Å². The van der Waals surface area contributed by atoms with E-state index < -0.39 is 24.1 Å². The van der Waals surface area contributed by atoms with Crippen molar-refractivity contribution in [2.24, 2.45) is 11.8 Å². The van der Waals surface area contributed by atoms with Crippen LogP contribution in [0.3, 0.4) is 0 Å². The van der Waals surface area contributed by atoms with Crippen molar-refractivity contribution in [3.05, 3.63) is 0 Å². The maximum Gasteiger partial charge on any atom is 0.410 e. The van der Waals surface area contributed by atoms with Crippen molar-refractivity contribution in [2.45, 2.75) is 83.7 Å². The molecule has 6 unspecified atom stereocenters. The molecule has 0 aliphatic carbocycles. The zero-order chi connectivity index (χ0) is 27.9. The first-order valence-electron chi connectivity index (χ1n) is 13.3. The quantitative estimate of drug-likeness (QED) is 0.386. The first-order chi connectivity index (χ1) is 17.5. The van der Waals surface area contributed by atoms with Crippen LogP contribution in [0.5, 0.6) is 0 Å². The number of carbonyl (C=O) groups excluding carboxylic acids is 4. The van der Waals surface area contributed by atoms with Gasteiger partial charge in [0.05, 0.1) is 37.3 Å². The summed E-state index contributed by atoms with van der Waals surface area (Å²) in [5.74, 6) is -0.437. The molecule has 0 aromatic rings. The average molecular weight is 527 g/mol. The highest BCUT2D eigenvalue weighted by molar-refractivity contribution is 5.91. The Bertz CT molecular complexity index is 808.